The number of hydrogen-bond donors (Lipinski definition) is 0. The zero-order valence-electron chi connectivity index (χ0n) is 9.91. The highest BCUT2D eigenvalue weighted by Crippen LogP contribution is 2.30. The Morgan fingerprint density at radius 3 is 2.88 bits per heavy atom. The molecule has 1 heterocycles. The number of ketones is 1. The van der Waals surface area contributed by atoms with Crippen LogP contribution in [-0.4, -0.2) is 25.0 Å². The maximum absolute atomic E-state index is 12.0. The minimum atomic E-state index is -0.795. The molecule has 1 aliphatic heterocycles. The van der Waals surface area contributed by atoms with E-state index in [4.69, 9.17) is 9.47 Å². The van der Waals surface area contributed by atoms with E-state index >= 15 is 0 Å². The lowest BCUT2D eigenvalue weighted by Gasteiger charge is -2.08. The monoisotopic (exact) mass is 234 g/mol. The minimum Gasteiger partial charge on any atom is -0.493 e. The molecule has 0 N–H and O–H groups in total. The van der Waals surface area contributed by atoms with Gasteiger partial charge in [0, 0.05) is 17.5 Å². The Kier molecular flexibility index (Phi) is 3.13. The summed E-state index contributed by atoms with van der Waals surface area (Å²) in [6.07, 6.45) is 0.664. The molecule has 90 valence electrons. The van der Waals surface area contributed by atoms with Gasteiger partial charge >= 0.3 is 5.97 Å². The summed E-state index contributed by atoms with van der Waals surface area (Å²) in [7, 11) is 0. The highest BCUT2D eigenvalue weighted by Gasteiger charge is 2.27. The van der Waals surface area contributed by atoms with Crippen LogP contribution >= 0.6 is 0 Å². The first-order valence-electron chi connectivity index (χ1n) is 5.62. The summed E-state index contributed by atoms with van der Waals surface area (Å²) >= 11 is 0. The second-order valence-corrected chi connectivity index (χ2v) is 3.88. The molecule has 1 aromatic carbocycles. The van der Waals surface area contributed by atoms with Crippen LogP contribution in [0.5, 0.6) is 5.75 Å². The van der Waals surface area contributed by atoms with E-state index in [1.54, 1.807) is 13.0 Å². The SMILES string of the molecule is CCOC(=O)C(=O)c1c(C)ccc2c1CCO2. The number of benzene rings is 1. The topological polar surface area (TPSA) is 52.6 Å². The van der Waals surface area contributed by atoms with E-state index in [0.717, 1.165) is 11.1 Å². The minimum absolute atomic E-state index is 0.204. The summed E-state index contributed by atoms with van der Waals surface area (Å²) in [6.45, 7) is 4.25. The van der Waals surface area contributed by atoms with Crippen molar-refractivity contribution in [2.24, 2.45) is 0 Å². The predicted octanol–water partition coefficient (Wildman–Crippen LogP) is 1.68. The molecule has 0 spiro atoms. The second kappa shape index (κ2) is 4.57. The molecular formula is C13H14O4. The molecule has 4 heteroatoms. The van der Waals surface area contributed by atoms with Gasteiger partial charge in [-0.3, -0.25) is 4.79 Å². The third kappa shape index (κ3) is 2.02. The van der Waals surface area contributed by atoms with Gasteiger partial charge in [-0.15, -0.1) is 0 Å². The van der Waals surface area contributed by atoms with Gasteiger partial charge in [-0.05, 0) is 25.5 Å². The molecule has 0 unspecified atom stereocenters. The van der Waals surface area contributed by atoms with E-state index in [1.807, 2.05) is 13.0 Å². The number of carbonyl (C=O) groups is 2. The molecule has 0 amide bonds. The molecule has 4 nitrogen and oxygen atoms in total. The van der Waals surface area contributed by atoms with Gasteiger partial charge in [0.1, 0.15) is 5.75 Å². The van der Waals surface area contributed by atoms with Gasteiger partial charge < -0.3 is 9.47 Å². The lowest BCUT2D eigenvalue weighted by molar-refractivity contribution is -0.137. The Bertz CT molecular complexity index is 477. The fraction of sp³-hybridized carbons (Fsp3) is 0.385. The van der Waals surface area contributed by atoms with E-state index in [1.165, 1.54) is 0 Å². The molecule has 0 saturated heterocycles. The van der Waals surface area contributed by atoms with Crippen molar-refractivity contribution >= 4 is 11.8 Å². The van der Waals surface area contributed by atoms with Crippen LogP contribution in [0.1, 0.15) is 28.4 Å². The molecular weight excluding hydrogens is 220 g/mol. The Balaban J connectivity index is 2.41. The van der Waals surface area contributed by atoms with Gasteiger partial charge in [0.25, 0.3) is 5.78 Å². The first-order chi connectivity index (χ1) is 8.15. The summed E-state index contributed by atoms with van der Waals surface area (Å²) in [6, 6.07) is 3.62. The van der Waals surface area contributed by atoms with Gasteiger partial charge in [0.05, 0.1) is 13.2 Å². The van der Waals surface area contributed by atoms with Gasteiger partial charge in [-0.25, -0.2) is 4.79 Å². The molecule has 0 aromatic heterocycles. The highest BCUT2D eigenvalue weighted by molar-refractivity contribution is 6.41. The number of rotatable bonds is 3. The maximum Gasteiger partial charge on any atom is 0.379 e. The first kappa shape index (κ1) is 11.6. The molecule has 0 bridgehead atoms. The highest BCUT2D eigenvalue weighted by atomic mass is 16.5. The normalized spacial score (nSPS) is 12.8. The van der Waals surface area contributed by atoms with Crippen LogP contribution in [0, 0.1) is 6.92 Å². The van der Waals surface area contributed by atoms with Crippen LogP contribution in [0.25, 0.3) is 0 Å². The fourth-order valence-electron chi connectivity index (χ4n) is 2.01. The summed E-state index contributed by atoms with van der Waals surface area (Å²) < 4.78 is 10.1. The number of fused-ring (bicyclic) bond motifs is 1. The van der Waals surface area contributed by atoms with Crippen LogP contribution in [0.4, 0.5) is 0 Å². The molecule has 2 rings (SSSR count). The van der Waals surface area contributed by atoms with Gasteiger partial charge in [0.2, 0.25) is 0 Å². The molecule has 17 heavy (non-hydrogen) atoms. The zero-order valence-corrected chi connectivity index (χ0v) is 9.91. The molecule has 0 saturated carbocycles. The fourth-order valence-corrected chi connectivity index (χ4v) is 2.01. The maximum atomic E-state index is 12.0. The van der Waals surface area contributed by atoms with Crippen molar-refractivity contribution in [2.75, 3.05) is 13.2 Å². The van der Waals surface area contributed by atoms with E-state index in [9.17, 15) is 9.59 Å². The molecule has 0 fully saturated rings. The first-order valence-corrected chi connectivity index (χ1v) is 5.62. The Morgan fingerprint density at radius 2 is 2.18 bits per heavy atom. The lowest BCUT2D eigenvalue weighted by atomic mass is 9.96. The van der Waals surface area contributed by atoms with Crippen molar-refractivity contribution in [1.29, 1.82) is 0 Å². The van der Waals surface area contributed by atoms with Crippen molar-refractivity contribution in [3.63, 3.8) is 0 Å². The van der Waals surface area contributed by atoms with Crippen LogP contribution in [-0.2, 0) is 16.0 Å². The summed E-state index contributed by atoms with van der Waals surface area (Å²) in [5, 5.41) is 0. The Morgan fingerprint density at radius 1 is 1.41 bits per heavy atom. The molecule has 1 aromatic rings. The quantitative estimate of drug-likeness (QED) is 0.453. The number of aryl methyl sites for hydroxylation is 1. The number of hydrogen-bond acceptors (Lipinski definition) is 4. The lowest BCUT2D eigenvalue weighted by Crippen LogP contribution is -2.20. The van der Waals surface area contributed by atoms with Crippen molar-refractivity contribution in [3.8, 4) is 5.75 Å². The standard InChI is InChI=1S/C13H14O4/c1-3-16-13(15)12(14)11-8(2)4-5-10-9(11)6-7-17-10/h4-5H,3,6-7H2,1-2H3. The Hall–Kier alpha value is -1.84. The van der Waals surface area contributed by atoms with Crippen molar-refractivity contribution in [3.05, 3.63) is 28.8 Å². The number of esters is 1. The van der Waals surface area contributed by atoms with Gasteiger partial charge in [0.15, 0.2) is 0 Å². The number of Topliss-reactive ketones (excluding diaryl/α,β-unsaturated/α-hetero) is 1. The average molecular weight is 234 g/mol. The third-order valence-electron chi connectivity index (χ3n) is 2.78. The summed E-state index contributed by atoms with van der Waals surface area (Å²) in [5.41, 5.74) is 2.05. The number of carbonyl (C=O) groups excluding carboxylic acids is 2. The summed E-state index contributed by atoms with van der Waals surface area (Å²) in [5.74, 6) is -0.675. The summed E-state index contributed by atoms with van der Waals surface area (Å²) in [4.78, 5) is 23.5. The Labute approximate surface area is 99.5 Å². The van der Waals surface area contributed by atoms with E-state index in [2.05, 4.69) is 0 Å². The van der Waals surface area contributed by atoms with Crippen LogP contribution in [0.15, 0.2) is 12.1 Å². The number of ether oxygens (including phenoxy) is 2. The average Bonchev–Trinajstić information content (AvgIpc) is 2.76. The second-order valence-electron chi connectivity index (χ2n) is 3.88. The molecule has 0 aliphatic carbocycles. The van der Waals surface area contributed by atoms with Gasteiger partial charge in [-0.1, -0.05) is 6.07 Å². The smallest absolute Gasteiger partial charge is 0.379 e. The van der Waals surface area contributed by atoms with Crippen LogP contribution in [0.2, 0.25) is 0 Å². The van der Waals surface area contributed by atoms with Crippen LogP contribution in [0.3, 0.4) is 0 Å². The largest absolute Gasteiger partial charge is 0.493 e. The van der Waals surface area contributed by atoms with Crippen molar-refractivity contribution < 1.29 is 19.1 Å². The van der Waals surface area contributed by atoms with Crippen LogP contribution < -0.4 is 4.74 Å². The van der Waals surface area contributed by atoms with E-state index in [-0.39, 0.29) is 6.61 Å². The van der Waals surface area contributed by atoms with Crippen molar-refractivity contribution in [2.45, 2.75) is 20.3 Å². The molecule has 1 aliphatic rings. The van der Waals surface area contributed by atoms with E-state index in [0.29, 0.717) is 24.3 Å². The molecule has 0 atom stereocenters. The van der Waals surface area contributed by atoms with Crippen molar-refractivity contribution in [1.82, 2.24) is 0 Å². The predicted molar refractivity (Wildman–Crippen MR) is 61.3 cm³/mol. The zero-order chi connectivity index (χ0) is 12.4. The van der Waals surface area contributed by atoms with E-state index < -0.39 is 11.8 Å². The van der Waals surface area contributed by atoms with Gasteiger partial charge in [-0.2, -0.15) is 0 Å². The third-order valence-corrected chi connectivity index (χ3v) is 2.78. The molecule has 0 radical (unpaired) electrons.